The summed E-state index contributed by atoms with van der Waals surface area (Å²) >= 11 is 0. The van der Waals surface area contributed by atoms with Crippen molar-refractivity contribution in [2.75, 3.05) is 13.2 Å². The Morgan fingerprint density at radius 1 is 1.43 bits per heavy atom. The van der Waals surface area contributed by atoms with E-state index in [-0.39, 0.29) is 25.5 Å². The van der Waals surface area contributed by atoms with Crippen LogP contribution in [0.1, 0.15) is 27.2 Å². The van der Waals surface area contributed by atoms with E-state index < -0.39 is 11.1 Å². The molecule has 0 radical (unpaired) electrons. The first kappa shape index (κ1) is 13.4. The lowest BCUT2D eigenvalue weighted by molar-refractivity contribution is -0.123. The second-order valence-electron chi connectivity index (χ2n) is 4.60. The maximum absolute atomic E-state index is 11.2. The van der Waals surface area contributed by atoms with Gasteiger partial charge in [-0.25, -0.2) is 0 Å². The summed E-state index contributed by atoms with van der Waals surface area (Å²) in [5.74, 6) is -0.230. The Morgan fingerprint density at radius 2 is 1.93 bits per heavy atom. The van der Waals surface area contributed by atoms with Gasteiger partial charge >= 0.3 is 0 Å². The minimum Gasteiger partial charge on any atom is -0.393 e. The van der Waals surface area contributed by atoms with E-state index in [1.165, 1.54) is 6.92 Å². The van der Waals surface area contributed by atoms with Crippen LogP contribution in [-0.2, 0) is 4.79 Å². The van der Waals surface area contributed by atoms with Crippen LogP contribution in [0.2, 0.25) is 0 Å². The van der Waals surface area contributed by atoms with Crippen LogP contribution in [0.4, 0.5) is 0 Å². The van der Waals surface area contributed by atoms with Gasteiger partial charge in [-0.1, -0.05) is 0 Å². The molecular weight excluding hydrogens is 184 g/mol. The molecule has 84 valence electrons. The third-order valence-corrected chi connectivity index (χ3v) is 1.62. The standard InChI is InChI=1S/C9H20N2O3/c1-8(2,10)4-7(13)11-5-9(3,14)6-12/h12,14H,4-6,10H2,1-3H3,(H,11,13). The molecule has 5 N–H and O–H groups in total. The largest absolute Gasteiger partial charge is 0.393 e. The lowest BCUT2D eigenvalue weighted by Gasteiger charge is -2.22. The maximum Gasteiger partial charge on any atom is 0.221 e. The third-order valence-electron chi connectivity index (χ3n) is 1.62. The van der Waals surface area contributed by atoms with Crippen molar-refractivity contribution in [3.63, 3.8) is 0 Å². The number of carbonyl (C=O) groups excluding carboxylic acids is 1. The first-order valence-electron chi connectivity index (χ1n) is 4.55. The van der Waals surface area contributed by atoms with Crippen LogP contribution >= 0.6 is 0 Å². The molecule has 14 heavy (non-hydrogen) atoms. The fraction of sp³-hybridized carbons (Fsp3) is 0.889. The Bertz CT molecular complexity index is 197. The van der Waals surface area contributed by atoms with Crippen LogP contribution in [0, 0.1) is 0 Å². The van der Waals surface area contributed by atoms with Gasteiger partial charge in [-0.05, 0) is 20.8 Å². The zero-order valence-electron chi connectivity index (χ0n) is 9.00. The highest BCUT2D eigenvalue weighted by molar-refractivity contribution is 5.77. The molecule has 0 bridgehead atoms. The summed E-state index contributed by atoms with van der Waals surface area (Å²) in [6.07, 6.45) is 0.189. The van der Waals surface area contributed by atoms with Gasteiger partial charge in [0.15, 0.2) is 0 Å². The summed E-state index contributed by atoms with van der Waals surface area (Å²) in [7, 11) is 0. The molecule has 0 fully saturated rings. The van der Waals surface area contributed by atoms with Crippen LogP contribution in [0.3, 0.4) is 0 Å². The zero-order chi connectivity index (χ0) is 11.4. The van der Waals surface area contributed by atoms with Crippen molar-refractivity contribution < 1.29 is 15.0 Å². The molecule has 0 aromatic rings. The molecule has 0 aromatic heterocycles. The summed E-state index contributed by atoms with van der Waals surface area (Å²) in [6.45, 7) is 4.58. The molecule has 5 nitrogen and oxygen atoms in total. The van der Waals surface area contributed by atoms with E-state index in [0.717, 1.165) is 0 Å². The second kappa shape index (κ2) is 4.72. The molecule has 5 heteroatoms. The van der Waals surface area contributed by atoms with Crippen LogP contribution in [0.15, 0.2) is 0 Å². The molecule has 0 rings (SSSR count). The van der Waals surface area contributed by atoms with E-state index in [4.69, 9.17) is 10.8 Å². The predicted octanol–water partition coefficient (Wildman–Crippen LogP) is -1.03. The summed E-state index contributed by atoms with van der Waals surface area (Å²) in [5, 5.41) is 20.6. The molecule has 0 aromatic carbocycles. The molecule has 0 spiro atoms. The van der Waals surface area contributed by atoms with Crippen molar-refractivity contribution in [3.8, 4) is 0 Å². The number of amides is 1. The smallest absolute Gasteiger partial charge is 0.221 e. The molecule has 0 saturated heterocycles. The fourth-order valence-corrected chi connectivity index (χ4v) is 0.821. The molecule has 1 unspecified atom stereocenters. The van der Waals surface area contributed by atoms with Crippen LogP contribution in [0.25, 0.3) is 0 Å². The fourth-order valence-electron chi connectivity index (χ4n) is 0.821. The number of rotatable bonds is 5. The Kier molecular flexibility index (Phi) is 4.51. The Labute approximate surface area is 84.3 Å². The topological polar surface area (TPSA) is 95.6 Å². The molecule has 0 saturated carbocycles. The monoisotopic (exact) mass is 204 g/mol. The van der Waals surface area contributed by atoms with E-state index in [2.05, 4.69) is 5.32 Å². The average molecular weight is 204 g/mol. The van der Waals surface area contributed by atoms with E-state index in [0.29, 0.717) is 0 Å². The number of nitrogens with two attached hydrogens (primary N) is 1. The Morgan fingerprint density at radius 3 is 2.29 bits per heavy atom. The van der Waals surface area contributed by atoms with Crippen molar-refractivity contribution in [3.05, 3.63) is 0 Å². The quantitative estimate of drug-likeness (QED) is 0.460. The number of aliphatic hydroxyl groups excluding tert-OH is 1. The van der Waals surface area contributed by atoms with Gasteiger partial charge in [-0.15, -0.1) is 0 Å². The minimum atomic E-state index is -1.27. The molecular formula is C9H20N2O3. The lowest BCUT2D eigenvalue weighted by atomic mass is 10.0. The van der Waals surface area contributed by atoms with Crippen molar-refractivity contribution in [2.24, 2.45) is 5.73 Å². The van der Waals surface area contributed by atoms with Gasteiger partial charge in [0.1, 0.15) is 5.60 Å². The van der Waals surface area contributed by atoms with Crippen LogP contribution in [0.5, 0.6) is 0 Å². The van der Waals surface area contributed by atoms with Crippen molar-refractivity contribution in [1.82, 2.24) is 5.32 Å². The second-order valence-corrected chi connectivity index (χ2v) is 4.60. The summed E-state index contributed by atoms with van der Waals surface area (Å²) in [6, 6.07) is 0. The molecule has 1 amide bonds. The van der Waals surface area contributed by atoms with Gasteiger partial charge in [0.2, 0.25) is 5.91 Å². The summed E-state index contributed by atoms with van der Waals surface area (Å²) < 4.78 is 0. The van der Waals surface area contributed by atoms with Crippen LogP contribution in [-0.4, -0.2) is 40.4 Å². The van der Waals surface area contributed by atoms with E-state index in [9.17, 15) is 9.90 Å². The first-order chi connectivity index (χ1) is 6.16. The lowest BCUT2D eigenvalue weighted by Crippen LogP contribution is -2.46. The van der Waals surface area contributed by atoms with Crippen molar-refractivity contribution in [2.45, 2.75) is 38.3 Å². The number of hydrogen-bond acceptors (Lipinski definition) is 4. The number of carbonyl (C=O) groups is 1. The van der Waals surface area contributed by atoms with Gasteiger partial charge in [0, 0.05) is 18.5 Å². The minimum absolute atomic E-state index is 0.0262. The van der Waals surface area contributed by atoms with Gasteiger partial charge in [0.25, 0.3) is 0 Å². The SMILES string of the molecule is CC(C)(N)CC(=O)NCC(C)(O)CO. The number of hydrogen-bond donors (Lipinski definition) is 4. The molecule has 0 aliphatic rings. The molecule has 0 aliphatic heterocycles. The van der Waals surface area contributed by atoms with E-state index in [1.54, 1.807) is 13.8 Å². The molecule has 1 atom stereocenters. The van der Waals surface area contributed by atoms with Crippen LogP contribution < -0.4 is 11.1 Å². The van der Waals surface area contributed by atoms with E-state index in [1.807, 2.05) is 0 Å². The van der Waals surface area contributed by atoms with Gasteiger partial charge in [-0.2, -0.15) is 0 Å². The highest BCUT2D eigenvalue weighted by Gasteiger charge is 2.22. The van der Waals surface area contributed by atoms with E-state index >= 15 is 0 Å². The maximum atomic E-state index is 11.2. The predicted molar refractivity (Wildman–Crippen MR) is 53.6 cm³/mol. The highest BCUT2D eigenvalue weighted by atomic mass is 16.3. The van der Waals surface area contributed by atoms with Gasteiger partial charge < -0.3 is 21.3 Å². The molecule has 0 heterocycles. The Balaban J connectivity index is 3.87. The highest BCUT2D eigenvalue weighted by Crippen LogP contribution is 2.04. The zero-order valence-corrected chi connectivity index (χ0v) is 9.00. The first-order valence-corrected chi connectivity index (χ1v) is 4.55. The Hall–Kier alpha value is -0.650. The third kappa shape index (κ3) is 6.82. The number of aliphatic hydroxyl groups is 2. The number of nitrogens with one attached hydrogen (secondary N) is 1. The average Bonchev–Trinajstić information content (AvgIpc) is 1.98. The summed E-state index contributed by atoms with van der Waals surface area (Å²) in [5.41, 5.74) is 3.81. The van der Waals surface area contributed by atoms with Gasteiger partial charge in [-0.3, -0.25) is 4.79 Å². The summed E-state index contributed by atoms with van der Waals surface area (Å²) in [4.78, 5) is 11.2. The molecule has 0 aliphatic carbocycles. The van der Waals surface area contributed by atoms with Crippen molar-refractivity contribution >= 4 is 5.91 Å². The van der Waals surface area contributed by atoms with Crippen molar-refractivity contribution in [1.29, 1.82) is 0 Å². The van der Waals surface area contributed by atoms with Gasteiger partial charge in [0.05, 0.1) is 6.61 Å². The normalized spacial score (nSPS) is 16.1.